The predicted molar refractivity (Wildman–Crippen MR) is 129 cm³/mol. The lowest BCUT2D eigenvalue weighted by molar-refractivity contribution is -0.0571. The van der Waals surface area contributed by atoms with Crippen LogP contribution in [0.15, 0.2) is 30.0 Å². The van der Waals surface area contributed by atoms with Crippen molar-refractivity contribution in [2.75, 3.05) is 7.11 Å². The number of pyridine rings is 1. The first kappa shape index (κ1) is 22.4. The molecule has 8 atom stereocenters. The van der Waals surface area contributed by atoms with Crippen molar-refractivity contribution in [1.82, 2.24) is 4.98 Å². The molecule has 176 valence electrons. The molecule has 1 N–H and O–H groups in total. The van der Waals surface area contributed by atoms with Crippen molar-refractivity contribution in [3.63, 3.8) is 0 Å². The van der Waals surface area contributed by atoms with Crippen LogP contribution in [0.25, 0.3) is 0 Å². The molecule has 3 heteroatoms. The first-order valence-corrected chi connectivity index (χ1v) is 13.2. The van der Waals surface area contributed by atoms with Gasteiger partial charge in [-0.05, 0) is 117 Å². The average Bonchev–Trinajstić information content (AvgIpc) is 3.15. The Balaban J connectivity index is 1.30. The van der Waals surface area contributed by atoms with Crippen LogP contribution in [-0.2, 0) is 6.42 Å². The van der Waals surface area contributed by atoms with E-state index in [1.54, 1.807) is 12.7 Å². The standard InChI is InChI=1S/C29H43NO2/c1-19(7-12-26-27(32-4)6-5-17-30-26)23-10-11-24-22-9-8-20-18-21(31)13-15-28(20,2)25(22)14-16-29(23,24)3/h5-6,8,17,19,21-25,31H,7,9-16,18H2,1-4H3/t19?,21-,22-,23+,24-,25-,28-,29+/m0/s1. The topological polar surface area (TPSA) is 42.4 Å². The molecule has 5 rings (SSSR count). The van der Waals surface area contributed by atoms with Gasteiger partial charge in [0.2, 0.25) is 0 Å². The van der Waals surface area contributed by atoms with E-state index in [1.165, 1.54) is 44.9 Å². The number of methoxy groups -OCH3 is 1. The molecule has 4 aliphatic rings. The maximum atomic E-state index is 10.3. The minimum Gasteiger partial charge on any atom is -0.495 e. The Bertz CT molecular complexity index is 864. The molecule has 0 aliphatic heterocycles. The maximum Gasteiger partial charge on any atom is 0.140 e. The number of hydrogen-bond donors (Lipinski definition) is 1. The Labute approximate surface area is 195 Å². The fraction of sp³-hybridized carbons (Fsp3) is 0.759. The van der Waals surface area contributed by atoms with Crippen LogP contribution in [0.2, 0.25) is 0 Å². The lowest BCUT2D eigenvalue weighted by Crippen LogP contribution is -2.50. The highest BCUT2D eigenvalue weighted by molar-refractivity contribution is 5.27. The molecule has 0 saturated heterocycles. The van der Waals surface area contributed by atoms with Crippen molar-refractivity contribution < 1.29 is 9.84 Å². The number of aliphatic hydroxyl groups is 1. The van der Waals surface area contributed by atoms with Gasteiger partial charge >= 0.3 is 0 Å². The second-order valence-corrected chi connectivity index (χ2v) is 12.1. The summed E-state index contributed by atoms with van der Waals surface area (Å²) in [5.74, 6) is 5.05. The molecule has 32 heavy (non-hydrogen) atoms. The van der Waals surface area contributed by atoms with Gasteiger partial charge in [-0.15, -0.1) is 0 Å². The zero-order valence-corrected chi connectivity index (χ0v) is 20.6. The summed E-state index contributed by atoms with van der Waals surface area (Å²) in [4.78, 5) is 4.60. The minimum atomic E-state index is -0.103. The van der Waals surface area contributed by atoms with Crippen LogP contribution in [-0.4, -0.2) is 23.3 Å². The molecule has 1 aromatic heterocycles. The van der Waals surface area contributed by atoms with Gasteiger partial charge in [0.05, 0.1) is 18.9 Å². The van der Waals surface area contributed by atoms with Crippen molar-refractivity contribution in [3.05, 3.63) is 35.7 Å². The third-order valence-corrected chi connectivity index (χ3v) is 10.7. The van der Waals surface area contributed by atoms with E-state index in [0.29, 0.717) is 10.8 Å². The fourth-order valence-corrected chi connectivity index (χ4v) is 8.98. The number of ether oxygens (including phenoxy) is 1. The van der Waals surface area contributed by atoms with Crippen LogP contribution in [0.5, 0.6) is 5.75 Å². The monoisotopic (exact) mass is 437 g/mol. The van der Waals surface area contributed by atoms with Crippen LogP contribution in [0.4, 0.5) is 0 Å². The van der Waals surface area contributed by atoms with Gasteiger partial charge in [0, 0.05) is 6.20 Å². The van der Waals surface area contributed by atoms with E-state index < -0.39 is 0 Å². The maximum absolute atomic E-state index is 10.3. The predicted octanol–water partition coefficient (Wildman–Crippen LogP) is 6.60. The second-order valence-electron chi connectivity index (χ2n) is 12.1. The molecule has 0 amide bonds. The number of hydrogen-bond acceptors (Lipinski definition) is 3. The SMILES string of the molecule is COc1cccnc1CCC(C)[C@H]1CC[C@H]2[C@@H]3CC=C4C[C@@H](O)CC[C@]4(C)[C@H]3CC[C@]12C. The van der Waals surface area contributed by atoms with Crippen molar-refractivity contribution in [2.24, 2.45) is 40.4 Å². The van der Waals surface area contributed by atoms with E-state index in [0.717, 1.165) is 60.3 Å². The summed E-state index contributed by atoms with van der Waals surface area (Å²) in [6, 6.07) is 4.00. The summed E-state index contributed by atoms with van der Waals surface area (Å²) in [6.45, 7) is 7.69. The minimum absolute atomic E-state index is 0.103. The molecule has 0 radical (unpaired) electrons. The van der Waals surface area contributed by atoms with Gasteiger partial charge in [0.25, 0.3) is 0 Å². The molecule has 0 bridgehead atoms. The zero-order chi connectivity index (χ0) is 22.5. The number of aryl methyl sites for hydroxylation is 1. The van der Waals surface area contributed by atoms with Crippen LogP contribution in [0, 0.1) is 40.4 Å². The van der Waals surface area contributed by atoms with Crippen molar-refractivity contribution in [3.8, 4) is 5.75 Å². The zero-order valence-electron chi connectivity index (χ0n) is 20.6. The van der Waals surface area contributed by atoms with Gasteiger partial charge in [-0.3, -0.25) is 4.98 Å². The van der Waals surface area contributed by atoms with Gasteiger partial charge in [0.15, 0.2) is 0 Å². The number of aliphatic hydroxyl groups excluding tert-OH is 1. The quantitative estimate of drug-likeness (QED) is 0.528. The van der Waals surface area contributed by atoms with Crippen LogP contribution in [0.1, 0.15) is 84.3 Å². The largest absolute Gasteiger partial charge is 0.495 e. The molecular formula is C29H43NO2. The molecule has 1 aromatic rings. The Hall–Kier alpha value is -1.35. The second kappa shape index (κ2) is 8.46. The molecule has 3 nitrogen and oxygen atoms in total. The highest BCUT2D eigenvalue weighted by atomic mass is 16.5. The number of fused-ring (bicyclic) bond motifs is 5. The van der Waals surface area contributed by atoms with Crippen molar-refractivity contribution >= 4 is 0 Å². The van der Waals surface area contributed by atoms with Gasteiger partial charge in [-0.2, -0.15) is 0 Å². The van der Waals surface area contributed by atoms with Gasteiger partial charge < -0.3 is 9.84 Å². The molecule has 3 fully saturated rings. The highest BCUT2D eigenvalue weighted by Gasteiger charge is 2.59. The molecular weight excluding hydrogens is 394 g/mol. The first-order valence-electron chi connectivity index (χ1n) is 13.2. The van der Waals surface area contributed by atoms with Gasteiger partial charge in [-0.25, -0.2) is 0 Å². The third-order valence-electron chi connectivity index (χ3n) is 10.7. The normalized spacial score (nSPS) is 41.8. The van der Waals surface area contributed by atoms with E-state index in [2.05, 4.69) is 31.8 Å². The molecule has 0 aromatic carbocycles. The summed E-state index contributed by atoms with van der Waals surface area (Å²) in [6.07, 6.45) is 16.6. The Kier molecular flexibility index (Phi) is 5.93. The smallest absolute Gasteiger partial charge is 0.140 e. The first-order chi connectivity index (χ1) is 15.4. The molecule has 0 spiro atoms. The fourth-order valence-electron chi connectivity index (χ4n) is 8.98. The number of nitrogens with zero attached hydrogens (tertiary/aromatic N) is 1. The number of aromatic nitrogens is 1. The molecule has 1 unspecified atom stereocenters. The summed E-state index contributed by atoms with van der Waals surface area (Å²) in [7, 11) is 1.75. The number of rotatable bonds is 5. The third kappa shape index (κ3) is 3.54. The van der Waals surface area contributed by atoms with Crippen molar-refractivity contribution in [2.45, 2.75) is 91.1 Å². The highest BCUT2D eigenvalue weighted by Crippen LogP contribution is 2.67. The van der Waals surface area contributed by atoms with Crippen LogP contribution < -0.4 is 4.74 Å². The lowest BCUT2D eigenvalue weighted by atomic mass is 9.47. The molecule has 3 saturated carbocycles. The molecule has 4 aliphatic carbocycles. The summed E-state index contributed by atoms with van der Waals surface area (Å²) in [5, 5.41) is 10.3. The summed E-state index contributed by atoms with van der Waals surface area (Å²) in [5.41, 5.74) is 3.55. The number of allylic oxidation sites excluding steroid dienone is 1. The van der Waals surface area contributed by atoms with Crippen LogP contribution >= 0.6 is 0 Å². The molecule has 1 heterocycles. The van der Waals surface area contributed by atoms with Crippen molar-refractivity contribution in [1.29, 1.82) is 0 Å². The Morgan fingerprint density at radius 3 is 2.81 bits per heavy atom. The van der Waals surface area contributed by atoms with E-state index in [-0.39, 0.29) is 6.10 Å². The Morgan fingerprint density at radius 1 is 1.16 bits per heavy atom. The Morgan fingerprint density at radius 2 is 2.00 bits per heavy atom. The summed E-state index contributed by atoms with van der Waals surface area (Å²) >= 11 is 0. The average molecular weight is 438 g/mol. The summed E-state index contributed by atoms with van der Waals surface area (Å²) < 4.78 is 5.54. The van der Waals surface area contributed by atoms with Gasteiger partial charge in [-0.1, -0.05) is 32.4 Å². The lowest BCUT2D eigenvalue weighted by Gasteiger charge is -2.58. The van der Waals surface area contributed by atoms with E-state index in [9.17, 15) is 5.11 Å². The van der Waals surface area contributed by atoms with Gasteiger partial charge in [0.1, 0.15) is 5.75 Å². The van der Waals surface area contributed by atoms with E-state index in [1.807, 2.05) is 18.3 Å². The van der Waals surface area contributed by atoms with E-state index >= 15 is 0 Å². The van der Waals surface area contributed by atoms with E-state index in [4.69, 9.17) is 4.74 Å². The van der Waals surface area contributed by atoms with Crippen LogP contribution in [0.3, 0.4) is 0 Å².